The van der Waals surface area contributed by atoms with E-state index in [0.717, 1.165) is 32.1 Å². The van der Waals surface area contributed by atoms with Crippen LogP contribution in [0.15, 0.2) is 18.2 Å². The first kappa shape index (κ1) is 13.3. The minimum absolute atomic E-state index is 0.342. The number of benzene rings is 1. The predicted octanol–water partition coefficient (Wildman–Crippen LogP) is 2.79. The lowest BCUT2D eigenvalue weighted by Crippen LogP contribution is -2.48. The van der Waals surface area contributed by atoms with E-state index in [-0.39, 0.29) is 11.6 Å². The Hall–Kier alpha value is -1.16. The third-order valence-corrected chi connectivity index (χ3v) is 3.62. The molecule has 1 fully saturated rings. The van der Waals surface area contributed by atoms with Crippen molar-refractivity contribution in [2.24, 2.45) is 5.92 Å². The van der Waals surface area contributed by atoms with Gasteiger partial charge in [0.2, 0.25) is 0 Å². The summed E-state index contributed by atoms with van der Waals surface area (Å²) in [6.07, 6.45) is 0.963. The van der Waals surface area contributed by atoms with Gasteiger partial charge in [0, 0.05) is 25.2 Å². The fraction of sp³-hybridized carbons (Fsp3) is 0.571. The molecular formula is C14H20F2N2. The summed E-state index contributed by atoms with van der Waals surface area (Å²) >= 11 is 0. The molecule has 0 bridgehead atoms. The highest BCUT2D eigenvalue weighted by atomic mass is 19.1. The maximum absolute atomic E-state index is 13.7. The van der Waals surface area contributed by atoms with E-state index < -0.39 is 0 Å². The van der Waals surface area contributed by atoms with Gasteiger partial charge in [0.25, 0.3) is 0 Å². The largest absolute Gasteiger partial charge is 0.369 e. The van der Waals surface area contributed by atoms with E-state index in [1.165, 1.54) is 12.1 Å². The van der Waals surface area contributed by atoms with E-state index in [1.54, 1.807) is 0 Å². The van der Waals surface area contributed by atoms with Gasteiger partial charge in [0.1, 0.15) is 11.6 Å². The third kappa shape index (κ3) is 2.80. The zero-order valence-electron chi connectivity index (χ0n) is 10.9. The zero-order chi connectivity index (χ0) is 13.1. The van der Waals surface area contributed by atoms with Crippen LogP contribution in [0.25, 0.3) is 0 Å². The Labute approximate surface area is 107 Å². The molecule has 0 aliphatic carbocycles. The van der Waals surface area contributed by atoms with Gasteiger partial charge in [0.15, 0.2) is 0 Å². The highest BCUT2D eigenvalue weighted by Gasteiger charge is 2.26. The molecule has 0 aromatic heterocycles. The number of hydrogen-bond acceptors (Lipinski definition) is 2. The van der Waals surface area contributed by atoms with Crippen molar-refractivity contribution < 1.29 is 8.78 Å². The van der Waals surface area contributed by atoms with Crippen LogP contribution in [0.2, 0.25) is 0 Å². The molecular weight excluding hydrogens is 234 g/mol. The lowest BCUT2D eigenvalue weighted by Gasteiger charge is -2.38. The average molecular weight is 254 g/mol. The first-order valence-corrected chi connectivity index (χ1v) is 6.55. The molecule has 0 saturated carbocycles. The lowest BCUT2D eigenvalue weighted by atomic mass is 9.93. The molecule has 1 saturated heterocycles. The van der Waals surface area contributed by atoms with E-state index in [1.807, 2.05) is 4.90 Å². The Balaban J connectivity index is 2.10. The summed E-state index contributed by atoms with van der Waals surface area (Å²) in [6, 6.07) is 4.12. The van der Waals surface area contributed by atoms with Crippen LogP contribution in [0.1, 0.15) is 20.3 Å². The molecule has 2 rings (SSSR count). The Morgan fingerprint density at radius 2 is 2.17 bits per heavy atom. The molecule has 0 radical (unpaired) electrons. The highest BCUT2D eigenvalue weighted by Crippen LogP contribution is 2.26. The van der Waals surface area contributed by atoms with Crippen LogP contribution in [-0.4, -0.2) is 25.7 Å². The summed E-state index contributed by atoms with van der Waals surface area (Å²) in [5.41, 5.74) is 0.386. The predicted molar refractivity (Wildman–Crippen MR) is 69.8 cm³/mol. The van der Waals surface area contributed by atoms with Crippen LogP contribution in [0, 0.1) is 17.6 Å². The molecule has 1 aliphatic heterocycles. The SMILES string of the molecule is CCNC1CCN(c2cc(F)ccc2F)CC1C. The van der Waals surface area contributed by atoms with Gasteiger partial charge in [0.05, 0.1) is 5.69 Å². The second-order valence-electron chi connectivity index (χ2n) is 4.97. The van der Waals surface area contributed by atoms with Crippen molar-refractivity contribution in [2.75, 3.05) is 24.5 Å². The van der Waals surface area contributed by atoms with Gasteiger partial charge in [-0.15, -0.1) is 0 Å². The van der Waals surface area contributed by atoms with Crippen LogP contribution in [0.5, 0.6) is 0 Å². The fourth-order valence-electron chi connectivity index (χ4n) is 2.66. The summed E-state index contributed by atoms with van der Waals surface area (Å²) in [4.78, 5) is 1.94. The first-order valence-electron chi connectivity index (χ1n) is 6.55. The van der Waals surface area contributed by atoms with Crippen molar-refractivity contribution in [3.63, 3.8) is 0 Å². The molecule has 2 unspecified atom stereocenters. The van der Waals surface area contributed by atoms with Crippen molar-refractivity contribution in [1.29, 1.82) is 0 Å². The summed E-state index contributed by atoms with van der Waals surface area (Å²) in [5, 5.41) is 3.44. The summed E-state index contributed by atoms with van der Waals surface area (Å²) in [5.74, 6) is -0.292. The van der Waals surface area contributed by atoms with Crippen LogP contribution >= 0.6 is 0 Å². The summed E-state index contributed by atoms with van der Waals surface area (Å²) in [7, 11) is 0. The number of nitrogens with one attached hydrogen (secondary N) is 1. The monoisotopic (exact) mass is 254 g/mol. The second kappa shape index (κ2) is 5.65. The Morgan fingerprint density at radius 1 is 1.39 bits per heavy atom. The first-order chi connectivity index (χ1) is 8.61. The minimum atomic E-state index is -0.382. The number of hydrogen-bond donors (Lipinski definition) is 1. The topological polar surface area (TPSA) is 15.3 Å². The second-order valence-corrected chi connectivity index (χ2v) is 4.97. The van der Waals surface area contributed by atoms with Gasteiger partial charge in [-0.2, -0.15) is 0 Å². The van der Waals surface area contributed by atoms with Crippen LogP contribution in [0.4, 0.5) is 14.5 Å². The summed E-state index contributed by atoms with van der Waals surface area (Å²) < 4.78 is 26.9. The van der Waals surface area contributed by atoms with E-state index in [9.17, 15) is 8.78 Å². The van der Waals surface area contributed by atoms with Gasteiger partial charge >= 0.3 is 0 Å². The Bertz CT molecular complexity index is 409. The number of piperidine rings is 1. The van der Waals surface area contributed by atoms with Crippen LogP contribution in [0.3, 0.4) is 0 Å². The zero-order valence-corrected chi connectivity index (χ0v) is 10.9. The average Bonchev–Trinajstić information content (AvgIpc) is 2.35. The molecule has 1 heterocycles. The smallest absolute Gasteiger partial charge is 0.146 e. The van der Waals surface area contributed by atoms with Gasteiger partial charge < -0.3 is 10.2 Å². The van der Waals surface area contributed by atoms with Crippen molar-refractivity contribution in [2.45, 2.75) is 26.3 Å². The molecule has 0 amide bonds. The molecule has 18 heavy (non-hydrogen) atoms. The molecule has 2 atom stereocenters. The molecule has 4 heteroatoms. The third-order valence-electron chi connectivity index (χ3n) is 3.62. The van der Waals surface area contributed by atoms with Gasteiger partial charge in [-0.3, -0.25) is 0 Å². The normalized spacial score (nSPS) is 24.3. The lowest BCUT2D eigenvalue weighted by molar-refractivity contribution is 0.325. The van der Waals surface area contributed by atoms with Gasteiger partial charge in [-0.1, -0.05) is 13.8 Å². The Morgan fingerprint density at radius 3 is 2.83 bits per heavy atom. The number of halogens is 2. The Kier molecular flexibility index (Phi) is 4.17. The van der Waals surface area contributed by atoms with Gasteiger partial charge in [-0.05, 0) is 31.0 Å². The molecule has 1 aromatic carbocycles. The number of anilines is 1. The van der Waals surface area contributed by atoms with E-state index >= 15 is 0 Å². The molecule has 2 nitrogen and oxygen atoms in total. The molecule has 100 valence electrons. The number of nitrogens with zero attached hydrogens (tertiary/aromatic N) is 1. The molecule has 1 N–H and O–H groups in total. The van der Waals surface area contributed by atoms with E-state index in [4.69, 9.17) is 0 Å². The maximum Gasteiger partial charge on any atom is 0.146 e. The van der Waals surface area contributed by atoms with Crippen molar-refractivity contribution >= 4 is 5.69 Å². The van der Waals surface area contributed by atoms with E-state index in [0.29, 0.717) is 17.6 Å². The number of rotatable bonds is 3. The highest BCUT2D eigenvalue weighted by molar-refractivity contribution is 5.48. The molecule has 1 aliphatic rings. The van der Waals surface area contributed by atoms with Crippen LogP contribution in [-0.2, 0) is 0 Å². The van der Waals surface area contributed by atoms with Crippen molar-refractivity contribution in [3.05, 3.63) is 29.8 Å². The quantitative estimate of drug-likeness (QED) is 0.892. The molecule has 1 aromatic rings. The maximum atomic E-state index is 13.7. The van der Waals surface area contributed by atoms with E-state index in [2.05, 4.69) is 19.2 Å². The fourth-order valence-corrected chi connectivity index (χ4v) is 2.66. The summed E-state index contributed by atoms with van der Waals surface area (Å²) in [6.45, 7) is 6.71. The standard InChI is InChI=1S/C14H20F2N2/c1-3-17-13-6-7-18(9-10(13)2)14-8-11(15)4-5-12(14)16/h4-5,8,10,13,17H,3,6-7,9H2,1-2H3. The van der Waals surface area contributed by atoms with Crippen LogP contribution < -0.4 is 10.2 Å². The van der Waals surface area contributed by atoms with Crippen molar-refractivity contribution in [3.8, 4) is 0 Å². The minimum Gasteiger partial charge on any atom is -0.369 e. The molecule has 0 spiro atoms. The van der Waals surface area contributed by atoms with Crippen molar-refractivity contribution in [1.82, 2.24) is 5.32 Å². The van der Waals surface area contributed by atoms with Gasteiger partial charge in [-0.25, -0.2) is 8.78 Å².